The zero-order valence-electron chi connectivity index (χ0n) is 12.0. The summed E-state index contributed by atoms with van der Waals surface area (Å²) in [5.74, 6) is 0. The number of nitrogens with two attached hydrogens (primary N) is 1. The minimum atomic E-state index is -0.115. The number of hydrogen-bond acceptors (Lipinski definition) is 3. The van der Waals surface area contributed by atoms with Crippen LogP contribution in [-0.4, -0.2) is 23.3 Å². The predicted octanol–water partition coefficient (Wildman–Crippen LogP) is 1.82. The number of hydrogen-bond donors (Lipinski definition) is 1. The molecule has 0 saturated heterocycles. The first-order valence-electron chi connectivity index (χ1n) is 6.32. The molecule has 5 heteroatoms. The van der Waals surface area contributed by atoms with E-state index in [0.29, 0.717) is 18.7 Å². The molecule has 0 atom stereocenters. The fourth-order valence-corrected chi connectivity index (χ4v) is 2.17. The lowest BCUT2D eigenvalue weighted by atomic mass is 9.90. The Morgan fingerprint density at radius 1 is 1.42 bits per heavy atom. The number of methoxy groups -OCH3 is 1. The van der Waals surface area contributed by atoms with E-state index in [2.05, 4.69) is 20.8 Å². The van der Waals surface area contributed by atoms with Gasteiger partial charge in [-0.2, -0.15) is 0 Å². The van der Waals surface area contributed by atoms with Gasteiger partial charge in [-0.3, -0.25) is 4.79 Å². The molecule has 0 aliphatic heterocycles. The number of rotatable bonds is 5. The van der Waals surface area contributed by atoms with Gasteiger partial charge in [0.05, 0.1) is 5.56 Å². The quantitative estimate of drug-likeness (QED) is 0.661. The van der Waals surface area contributed by atoms with Gasteiger partial charge in [0.2, 0.25) is 0 Å². The van der Waals surface area contributed by atoms with Gasteiger partial charge in [-0.05, 0) is 18.6 Å². The van der Waals surface area contributed by atoms with Crippen LogP contribution in [0.5, 0.6) is 0 Å². The molecule has 0 radical (unpaired) electrons. The highest BCUT2D eigenvalue weighted by Gasteiger charge is 2.20. The first-order valence-corrected chi connectivity index (χ1v) is 6.73. The third-order valence-electron chi connectivity index (χ3n) is 2.94. The Labute approximate surface area is 119 Å². The summed E-state index contributed by atoms with van der Waals surface area (Å²) in [5, 5.41) is 0. The molecular formula is C14H22N2O2S. The number of ether oxygens (including phenoxy) is 1. The van der Waals surface area contributed by atoms with Crippen LogP contribution >= 0.6 is 12.2 Å². The van der Waals surface area contributed by atoms with Crippen LogP contribution in [0.15, 0.2) is 16.9 Å². The second kappa shape index (κ2) is 6.30. The normalized spacial score (nSPS) is 11.6. The molecule has 0 spiro atoms. The zero-order valence-corrected chi connectivity index (χ0v) is 12.8. The van der Waals surface area contributed by atoms with Gasteiger partial charge in [0.1, 0.15) is 4.99 Å². The first-order chi connectivity index (χ1) is 8.79. The van der Waals surface area contributed by atoms with Crippen molar-refractivity contribution in [2.45, 2.75) is 39.2 Å². The van der Waals surface area contributed by atoms with Crippen LogP contribution in [0.1, 0.15) is 38.4 Å². The van der Waals surface area contributed by atoms with Crippen LogP contribution in [0, 0.1) is 0 Å². The van der Waals surface area contributed by atoms with Crippen LogP contribution < -0.4 is 11.3 Å². The minimum Gasteiger partial charge on any atom is -0.389 e. The summed E-state index contributed by atoms with van der Waals surface area (Å²) in [5.41, 5.74) is 6.75. The summed E-state index contributed by atoms with van der Waals surface area (Å²) in [6, 6.07) is 3.65. The molecule has 106 valence electrons. The third kappa shape index (κ3) is 3.88. The molecule has 1 aromatic rings. The molecule has 0 bridgehead atoms. The molecule has 4 nitrogen and oxygen atoms in total. The molecular weight excluding hydrogens is 260 g/mol. The maximum Gasteiger partial charge on any atom is 0.261 e. The highest BCUT2D eigenvalue weighted by molar-refractivity contribution is 7.80. The van der Waals surface area contributed by atoms with Gasteiger partial charge < -0.3 is 15.0 Å². The molecule has 1 heterocycles. The monoisotopic (exact) mass is 282 g/mol. The van der Waals surface area contributed by atoms with Crippen LogP contribution in [0.25, 0.3) is 0 Å². The van der Waals surface area contributed by atoms with Gasteiger partial charge in [-0.25, -0.2) is 0 Å². The Hall–Kier alpha value is -1.20. The second-order valence-electron chi connectivity index (χ2n) is 5.55. The Kier molecular flexibility index (Phi) is 5.26. The van der Waals surface area contributed by atoms with Crippen molar-refractivity contribution < 1.29 is 4.74 Å². The van der Waals surface area contributed by atoms with Crippen LogP contribution in [-0.2, 0) is 16.7 Å². The molecule has 19 heavy (non-hydrogen) atoms. The molecule has 0 fully saturated rings. The molecule has 0 aliphatic carbocycles. The van der Waals surface area contributed by atoms with Crippen LogP contribution in [0.3, 0.4) is 0 Å². The SMILES string of the molecule is COCCCn1c(C(C)(C)C)ccc(C(N)=S)c1=O. The van der Waals surface area contributed by atoms with Crippen molar-refractivity contribution in [3.8, 4) is 0 Å². The average molecular weight is 282 g/mol. The lowest BCUT2D eigenvalue weighted by Crippen LogP contribution is -2.34. The lowest BCUT2D eigenvalue weighted by molar-refractivity contribution is 0.189. The summed E-state index contributed by atoms with van der Waals surface area (Å²) >= 11 is 4.92. The van der Waals surface area contributed by atoms with E-state index in [1.54, 1.807) is 17.7 Å². The summed E-state index contributed by atoms with van der Waals surface area (Å²) < 4.78 is 6.80. The highest BCUT2D eigenvalue weighted by atomic mass is 32.1. The van der Waals surface area contributed by atoms with Gasteiger partial charge in [-0.15, -0.1) is 0 Å². The van der Waals surface area contributed by atoms with E-state index in [1.165, 1.54) is 0 Å². The molecule has 0 unspecified atom stereocenters. The smallest absolute Gasteiger partial charge is 0.261 e. The highest BCUT2D eigenvalue weighted by Crippen LogP contribution is 2.21. The first kappa shape index (κ1) is 15.9. The van der Waals surface area contributed by atoms with Crippen molar-refractivity contribution in [2.24, 2.45) is 5.73 Å². The molecule has 1 rings (SSSR count). The second-order valence-corrected chi connectivity index (χ2v) is 5.99. The average Bonchev–Trinajstić information content (AvgIpc) is 2.29. The predicted molar refractivity (Wildman–Crippen MR) is 81.8 cm³/mol. The standard InChI is InChI=1S/C14H22N2O2S/c1-14(2,3)11-7-6-10(12(15)19)13(17)16(11)8-5-9-18-4/h6-7H,5,8-9H2,1-4H3,(H2,15,19). The Balaban J connectivity index is 3.30. The summed E-state index contributed by atoms with van der Waals surface area (Å²) in [4.78, 5) is 12.6. The molecule has 2 N–H and O–H groups in total. The molecule has 0 amide bonds. The van der Waals surface area contributed by atoms with Gasteiger partial charge >= 0.3 is 0 Å². The van der Waals surface area contributed by atoms with Crippen LogP contribution in [0.4, 0.5) is 0 Å². The van der Waals surface area contributed by atoms with E-state index < -0.39 is 0 Å². The maximum absolute atomic E-state index is 12.4. The molecule has 0 saturated carbocycles. The Morgan fingerprint density at radius 3 is 2.53 bits per heavy atom. The maximum atomic E-state index is 12.4. The van der Waals surface area contributed by atoms with E-state index in [0.717, 1.165) is 12.1 Å². The van der Waals surface area contributed by atoms with E-state index in [-0.39, 0.29) is 16.0 Å². The van der Waals surface area contributed by atoms with E-state index in [1.807, 2.05) is 6.07 Å². The van der Waals surface area contributed by atoms with E-state index in [9.17, 15) is 4.79 Å². The van der Waals surface area contributed by atoms with E-state index in [4.69, 9.17) is 22.7 Å². The Bertz CT molecular complexity index is 515. The number of pyridine rings is 1. The number of aromatic nitrogens is 1. The van der Waals surface area contributed by atoms with Gasteiger partial charge in [0.15, 0.2) is 0 Å². The number of nitrogens with zero attached hydrogens (tertiary/aromatic N) is 1. The summed E-state index contributed by atoms with van der Waals surface area (Å²) in [6.07, 6.45) is 0.778. The molecule has 0 aliphatic rings. The van der Waals surface area contributed by atoms with Gasteiger partial charge in [0, 0.05) is 31.4 Å². The summed E-state index contributed by atoms with van der Waals surface area (Å²) in [6.45, 7) is 7.46. The van der Waals surface area contributed by atoms with Crippen LogP contribution in [0.2, 0.25) is 0 Å². The largest absolute Gasteiger partial charge is 0.389 e. The van der Waals surface area contributed by atoms with Crippen molar-refractivity contribution in [1.29, 1.82) is 0 Å². The van der Waals surface area contributed by atoms with Crippen molar-refractivity contribution in [3.63, 3.8) is 0 Å². The molecule has 1 aromatic heterocycles. The fourth-order valence-electron chi connectivity index (χ4n) is 2.01. The zero-order chi connectivity index (χ0) is 14.6. The van der Waals surface area contributed by atoms with Gasteiger partial charge in [-0.1, -0.05) is 33.0 Å². The van der Waals surface area contributed by atoms with Crippen molar-refractivity contribution in [2.75, 3.05) is 13.7 Å². The molecule has 0 aromatic carbocycles. The topological polar surface area (TPSA) is 57.2 Å². The van der Waals surface area contributed by atoms with Crippen molar-refractivity contribution >= 4 is 17.2 Å². The van der Waals surface area contributed by atoms with Gasteiger partial charge in [0.25, 0.3) is 5.56 Å². The number of thiocarbonyl (C=S) groups is 1. The van der Waals surface area contributed by atoms with E-state index >= 15 is 0 Å². The van der Waals surface area contributed by atoms with Crippen molar-refractivity contribution in [1.82, 2.24) is 4.57 Å². The van der Waals surface area contributed by atoms with Crippen molar-refractivity contribution in [3.05, 3.63) is 33.7 Å². The summed E-state index contributed by atoms with van der Waals surface area (Å²) in [7, 11) is 1.65. The Morgan fingerprint density at radius 2 is 2.05 bits per heavy atom. The third-order valence-corrected chi connectivity index (χ3v) is 3.16. The minimum absolute atomic E-state index is 0.110. The lowest BCUT2D eigenvalue weighted by Gasteiger charge is -2.24. The fraction of sp³-hybridized carbons (Fsp3) is 0.571.